The molecule has 2 heterocycles. The van der Waals surface area contributed by atoms with Gasteiger partial charge in [-0.25, -0.2) is 0 Å². The van der Waals surface area contributed by atoms with E-state index in [1.165, 1.54) is 4.90 Å². The maximum atomic E-state index is 12.3. The summed E-state index contributed by atoms with van der Waals surface area (Å²) in [6.45, 7) is 0.0617. The highest BCUT2D eigenvalue weighted by Gasteiger charge is 2.32. The molecule has 0 bridgehead atoms. The highest BCUT2D eigenvalue weighted by molar-refractivity contribution is 8.26. The van der Waals surface area contributed by atoms with E-state index in [0.29, 0.717) is 26.2 Å². The van der Waals surface area contributed by atoms with Gasteiger partial charge in [-0.3, -0.25) is 14.5 Å². The Kier molecular flexibility index (Phi) is 5.10. The zero-order valence-corrected chi connectivity index (χ0v) is 14.6. The van der Waals surface area contributed by atoms with Gasteiger partial charge in [0.05, 0.1) is 11.3 Å². The molecule has 0 unspecified atom stereocenters. The number of carboxylic acids is 1. The van der Waals surface area contributed by atoms with E-state index in [-0.39, 0.29) is 18.9 Å². The first-order valence-corrected chi connectivity index (χ1v) is 8.59. The summed E-state index contributed by atoms with van der Waals surface area (Å²) in [7, 11) is 5.67. The van der Waals surface area contributed by atoms with Gasteiger partial charge in [0.1, 0.15) is 23.7 Å². The van der Waals surface area contributed by atoms with Gasteiger partial charge in [0, 0.05) is 18.2 Å². The largest absolute Gasteiger partial charge is 0.481 e. The first-order chi connectivity index (χ1) is 11.9. The maximum absolute atomic E-state index is 12.3. The Balaban J connectivity index is 1.77. The molecule has 3 rings (SSSR count). The number of thioether (sulfide) groups is 1. The predicted octanol–water partition coefficient (Wildman–Crippen LogP) is 2.42. The Morgan fingerprint density at radius 1 is 1.28 bits per heavy atom. The van der Waals surface area contributed by atoms with Crippen LogP contribution < -0.4 is 5.46 Å². The first-order valence-electron chi connectivity index (χ1n) is 7.37. The van der Waals surface area contributed by atoms with Crippen molar-refractivity contribution in [1.82, 2.24) is 4.90 Å². The molecule has 2 radical (unpaired) electrons. The molecule has 1 aliphatic heterocycles. The van der Waals surface area contributed by atoms with Crippen molar-refractivity contribution in [3.63, 3.8) is 0 Å². The van der Waals surface area contributed by atoms with Crippen LogP contribution >= 0.6 is 24.0 Å². The number of hydrogen-bond acceptors (Lipinski definition) is 5. The lowest BCUT2D eigenvalue weighted by Crippen LogP contribution is -2.30. The van der Waals surface area contributed by atoms with Crippen molar-refractivity contribution in [1.29, 1.82) is 0 Å². The highest BCUT2D eigenvalue weighted by atomic mass is 32.2. The van der Waals surface area contributed by atoms with Crippen molar-refractivity contribution in [2.24, 2.45) is 0 Å². The Bertz CT molecular complexity index is 873. The molecule has 124 valence electrons. The molecular weight excluding hydrogens is 357 g/mol. The van der Waals surface area contributed by atoms with Crippen molar-refractivity contribution < 1.29 is 19.1 Å². The average molecular weight is 369 g/mol. The zero-order valence-electron chi connectivity index (χ0n) is 13.0. The molecular formula is C17H12BNO4S2. The van der Waals surface area contributed by atoms with Crippen LogP contribution in [-0.4, -0.2) is 40.6 Å². The van der Waals surface area contributed by atoms with Crippen molar-refractivity contribution >= 4 is 59.6 Å². The summed E-state index contributed by atoms with van der Waals surface area (Å²) in [5.41, 5.74) is 1.54. The second-order valence-electron chi connectivity index (χ2n) is 5.30. The van der Waals surface area contributed by atoms with Gasteiger partial charge in [-0.1, -0.05) is 53.7 Å². The van der Waals surface area contributed by atoms with E-state index in [1.54, 1.807) is 24.3 Å². The van der Waals surface area contributed by atoms with Crippen molar-refractivity contribution in [3.05, 3.63) is 47.1 Å². The van der Waals surface area contributed by atoms with Gasteiger partial charge in [-0.05, 0) is 12.1 Å². The van der Waals surface area contributed by atoms with E-state index in [9.17, 15) is 9.59 Å². The summed E-state index contributed by atoms with van der Waals surface area (Å²) in [4.78, 5) is 24.7. The first kappa shape index (κ1) is 17.5. The standard InChI is InChI=1S/C17H12BNO4S2/c18-11-3-1-10(2-4-11)13-6-5-12(23-13)9-14-16(22)19(17(24)25-14)8-7-15(20)21/h1-6,9H,7-8H2,(H,20,21)/b14-9-. The van der Waals surface area contributed by atoms with E-state index in [2.05, 4.69) is 0 Å². The van der Waals surface area contributed by atoms with Gasteiger partial charge in [0.25, 0.3) is 5.91 Å². The Morgan fingerprint density at radius 3 is 2.68 bits per heavy atom. The second kappa shape index (κ2) is 7.29. The van der Waals surface area contributed by atoms with Crippen LogP contribution in [0.4, 0.5) is 0 Å². The number of carboxylic acid groups (broad SMARTS) is 1. The number of carbonyl (C=O) groups is 2. The van der Waals surface area contributed by atoms with E-state index in [1.807, 2.05) is 18.2 Å². The summed E-state index contributed by atoms with van der Waals surface area (Å²) in [5.74, 6) is -0.1000. The van der Waals surface area contributed by atoms with Gasteiger partial charge < -0.3 is 9.52 Å². The van der Waals surface area contributed by atoms with Crippen LogP contribution in [0.15, 0.2) is 45.7 Å². The van der Waals surface area contributed by atoms with E-state index >= 15 is 0 Å². The maximum Gasteiger partial charge on any atom is 0.305 e. The van der Waals surface area contributed by atoms with E-state index in [4.69, 9.17) is 29.6 Å². The monoisotopic (exact) mass is 369 g/mol. The molecule has 25 heavy (non-hydrogen) atoms. The molecule has 0 aliphatic carbocycles. The lowest BCUT2D eigenvalue weighted by Gasteiger charge is -2.12. The SMILES string of the molecule is [B]c1ccc(-c2ccc(/C=C3\SC(=S)N(CCC(=O)O)C3=O)o2)cc1. The second-order valence-corrected chi connectivity index (χ2v) is 6.98. The summed E-state index contributed by atoms with van der Waals surface area (Å²) in [6, 6.07) is 10.8. The molecule has 1 amide bonds. The van der Waals surface area contributed by atoms with Crippen LogP contribution in [0.5, 0.6) is 0 Å². The van der Waals surface area contributed by atoms with E-state index < -0.39 is 5.97 Å². The average Bonchev–Trinajstić information content (AvgIpc) is 3.12. The number of rotatable bonds is 5. The van der Waals surface area contributed by atoms with Crippen molar-refractivity contribution in [2.75, 3.05) is 6.54 Å². The van der Waals surface area contributed by atoms with Crippen LogP contribution in [0, 0.1) is 0 Å². The van der Waals surface area contributed by atoms with Crippen LogP contribution in [0.1, 0.15) is 12.2 Å². The molecule has 1 aromatic heterocycles. The Labute approximate surface area is 155 Å². The number of carbonyl (C=O) groups excluding carboxylic acids is 1. The smallest absolute Gasteiger partial charge is 0.305 e. The quantitative estimate of drug-likeness (QED) is 0.496. The minimum Gasteiger partial charge on any atom is -0.481 e. The van der Waals surface area contributed by atoms with Crippen molar-refractivity contribution in [2.45, 2.75) is 6.42 Å². The number of nitrogens with zero attached hydrogens (tertiary/aromatic N) is 1. The molecule has 0 atom stereocenters. The fourth-order valence-corrected chi connectivity index (χ4v) is 3.55. The fourth-order valence-electron chi connectivity index (χ4n) is 2.26. The molecule has 1 N–H and O–H groups in total. The summed E-state index contributed by atoms with van der Waals surface area (Å²) in [5, 5.41) is 8.75. The number of benzene rings is 1. The lowest BCUT2D eigenvalue weighted by molar-refractivity contribution is -0.137. The minimum atomic E-state index is -0.975. The third-order valence-corrected chi connectivity index (χ3v) is 4.90. The lowest BCUT2D eigenvalue weighted by atomic mass is 9.95. The molecule has 0 saturated carbocycles. The third-order valence-electron chi connectivity index (χ3n) is 3.52. The molecule has 0 spiro atoms. The zero-order chi connectivity index (χ0) is 18.0. The molecule has 1 aromatic carbocycles. The summed E-state index contributed by atoms with van der Waals surface area (Å²) >= 11 is 6.28. The molecule has 1 fully saturated rings. The Hall–Kier alpha value is -2.32. The van der Waals surface area contributed by atoms with Crippen LogP contribution in [-0.2, 0) is 9.59 Å². The van der Waals surface area contributed by atoms with E-state index in [0.717, 1.165) is 17.3 Å². The molecule has 1 aliphatic rings. The topological polar surface area (TPSA) is 70.8 Å². The van der Waals surface area contributed by atoms with Crippen molar-refractivity contribution in [3.8, 4) is 11.3 Å². The summed E-state index contributed by atoms with van der Waals surface area (Å²) < 4.78 is 6.10. The van der Waals surface area contributed by atoms with Gasteiger partial charge in [0.15, 0.2) is 0 Å². The summed E-state index contributed by atoms with van der Waals surface area (Å²) in [6.07, 6.45) is 1.46. The minimum absolute atomic E-state index is 0.0617. The normalized spacial score (nSPS) is 16.0. The molecule has 1 saturated heterocycles. The third kappa shape index (κ3) is 4.03. The molecule has 8 heteroatoms. The Morgan fingerprint density at radius 2 is 2.00 bits per heavy atom. The molecule has 5 nitrogen and oxygen atoms in total. The number of hydrogen-bond donors (Lipinski definition) is 1. The van der Waals surface area contributed by atoms with Gasteiger partial charge in [-0.2, -0.15) is 0 Å². The van der Waals surface area contributed by atoms with Gasteiger partial charge in [0.2, 0.25) is 0 Å². The highest BCUT2D eigenvalue weighted by Crippen LogP contribution is 2.33. The van der Waals surface area contributed by atoms with Crippen LogP contribution in [0.3, 0.4) is 0 Å². The number of aliphatic carboxylic acids is 1. The van der Waals surface area contributed by atoms with Crippen LogP contribution in [0.25, 0.3) is 17.4 Å². The number of amides is 1. The van der Waals surface area contributed by atoms with Gasteiger partial charge >= 0.3 is 5.97 Å². The van der Waals surface area contributed by atoms with Crippen LogP contribution in [0.2, 0.25) is 0 Å². The van der Waals surface area contributed by atoms with Gasteiger partial charge in [-0.15, -0.1) is 0 Å². The molecule has 2 aromatic rings. The number of furan rings is 1. The predicted molar refractivity (Wildman–Crippen MR) is 102 cm³/mol. The fraction of sp³-hybridized carbons (Fsp3) is 0.118. The number of thiocarbonyl (C=S) groups is 1.